The van der Waals surface area contributed by atoms with Crippen molar-refractivity contribution in [3.63, 3.8) is 0 Å². The van der Waals surface area contributed by atoms with Gasteiger partial charge in [0, 0.05) is 17.3 Å². The van der Waals surface area contributed by atoms with Crippen LogP contribution >= 0.6 is 11.8 Å². The Hall–Kier alpha value is 0.310. The van der Waals surface area contributed by atoms with Crippen molar-refractivity contribution in [2.45, 2.75) is 89.0 Å². The van der Waals surface area contributed by atoms with Gasteiger partial charge in [-0.15, -0.1) is 0 Å². The molecule has 0 aromatic heterocycles. The highest BCUT2D eigenvalue weighted by molar-refractivity contribution is 7.99. The summed E-state index contributed by atoms with van der Waals surface area (Å²) in [6.07, 6.45) is 15.2. The van der Waals surface area contributed by atoms with Crippen LogP contribution in [0.3, 0.4) is 0 Å². The van der Waals surface area contributed by atoms with Gasteiger partial charge < -0.3 is 5.32 Å². The molecule has 19 heavy (non-hydrogen) atoms. The third-order valence-electron chi connectivity index (χ3n) is 5.39. The highest BCUT2D eigenvalue weighted by atomic mass is 32.2. The predicted molar refractivity (Wildman–Crippen MR) is 87.9 cm³/mol. The molecular weight excluding hydrogens is 250 g/mol. The lowest BCUT2D eigenvalue weighted by atomic mass is 9.89. The molecule has 0 amide bonds. The van der Waals surface area contributed by atoms with Gasteiger partial charge in [-0.25, -0.2) is 0 Å². The third kappa shape index (κ3) is 4.97. The first-order valence-corrected chi connectivity index (χ1v) is 9.76. The summed E-state index contributed by atoms with van der Waals surface area (Å²) in [5.41, 5.74) is 0. The maximum atomic E-state index is 4.01. The van der Waals surface area contributed by atoms with Crippen molar-refractivity contribution >= 4 is 11.8 Å². The van der Waals surface area contributed by atoms with Crippen LogP contribution in [0.2, 0.25) is 0 Å². The van der Waals surface area contributed by atoms with E-state index in [0.717, 1.165) is 29.2 Å². The molecule has 0 bridgehead atoms. The van der Waals surface area contributed by atoms with E-state index >= 15 is 0 Å². The first-order valence-electron chi connectivity index (χ1n) is 8.48. The quantitative estimate of drug-likeness (QED) is 0.740. The van der Waals surface area contributed by atoms with Crippen molar-refractivity contribution in [2.24, 2.45) is 11.8 Å². The van der Waals surface area contributed by atoms with Gasteiger partial charge in [-0.2, -0.15) is 11.8 Å². The Morgan fingerprint density at radius 3 is 2.37 bits per heavy atom. The molecule has 1 nitrogen and oxygen atoms in total. The molecular formula is C17H33NS. The van der Waals surface area contributed by atoms with Crippen LogP contribution < -0.4 is 5.32 Å². The highest BCUT2D eigenvalue weighted by Gasteiger charge is 2.26. The molecule has 0 aliphatic heterocycles. The standard InChI is InChI=1S/C17H33NS/c1-13(2)14-6-4-7-15(11-10-14)18-16-8-5-9-17(12-16)19-3/h13-18H,4-12H2,1-3H3. The van der Waals surface area contributed by atoms with Crippen LogP contribution in [0.25, 0.3) is 0 Å². The zero-order chi connectivity index (χ0) is 13.7. The van der Waals surface area contributed by atoms with Gasteiger partial charge in [0.25, 0.3) is 0 Å². The molecule has 2 heteroatoms. The number of nitrogens with one attached hydrogen (secondary N) is 1. The summed E-state index contributed by atoms with van der Waals surface area (Å²) < 4.78 is 0. The van der Waals surface area contributed by atoms with Crippen LogP contribution in [0.4, 0.5) is 0 Å². The maximum absolute atomic E-state index is 4.01. The van der Waals surface area contributed by atoms with E-state index in [4.69, 9.17) is 0 Å². The second kappa shape index (κ2) is 7.93. The molecule has 2 rings (SSSR count). The molecule has 112 valence electrons. The number of hydrogen-bond acceptors (Lipinski definition) is 2. The predicted octanol–water partition coefficient (Wildman–Crippen LogP) is 4.86. The monoisotopic (exact) mass is 283 g/mol. The SMILES string of the molecule is CSC1CCCC(NC2CCCC(C(C)C)CC2)C1. The molecule has 0 heterocycles. The lowest BCUT2D eigenvalue weighted by molar-refractivity contribution is 0.312. The minimum atomic E-state index is 0.812. The number of thioether (sulfide) groups is 1. The van der Waals surface area contributed by atoms with Crippen molar-refractivity contribution in [3.8, 4) is 0 Å². The molecule has 4 atom stereocenters. The van der Waals surface area contributed by atoms with Crippen LogP contribution in [0.1, 0.15) is 71.6 Å². The molecule has 4 unspecified atom stereocenters. The summed E-state index contributed by atoms with van der Waals surface area (Å²) in [6, 6.07) is 1.63. The minimum Gasteiger partial charge on any atom is -0.311 e. The van der Waals surface area contributed by atoms with Crippen LogP contribution in [0.5, 0.6) is 0 Å². The molecule has 0 radical (unpaired) electrons. The van der Waals surface area contributed by atoms with Gasteiger partial charge in [0.05, 0.1) is 0 Å². The zero-order valence-electron chi connectivity index (χ0n) is 13.2. The number of rotatable bonds is 4. The van der Waals surface area contributed by atoms with Crippen molar-refractivity contribution in [1.82, 2.24) is 5.32 Å². The smallest absolute Gasteiger partial charge is 0.00801 e. The van der Waals surface area contributed by atoms with Gasteiger partial charge in [-0.1, -0.05) is 33.1 Å². The molecule has 0 spiro atoms. The Morgan fingerprint density at radius 2 is 1.63 bits per heavy atom. The van der Waals surface area contributed by atoms with Crippen LogP contribution in [-0.4, -0.2) is 23.6 Å². The van der Waals surface area contributed by atoms with Crippen molar-refractivity contribution < 1.29 is 0 Å². The molecule has 0 aromatic rings. The summed E-state index contributed by atoms with van der Waals surface area (Å²) >= 11 is 2.08. The fourth-order valence-corrected chi connectivity index (χ4v) is 4.83. The van der Waals surface area contributed by atoms with E-state index < -0.39 is 0 Å². The molecule has 2 fully saturated rings. The Kier molecular flexibility index (Phi) is 6.55. The van der Waals surface area contributed by atoms with Gasteiger partial charge >= 0.3 is 0 Å². The largest absolute Gasteiger partial charge is 0.311 e. The average Bonchev–Trinajstić information content (AvgIpc) is 2.65. The Balaban J connectivity index is 1.76. The second-order valence-electron chi connectivity index (χ2n) is 7.10. The molecule has 2 aliphatic carbocycles. The third-order valence-corrected chi connectivity index (χ3v) is 6.48. The van der Waals surface area contributed by atoms with E-state index in [2.05, 4.69) is 37.2 Å². The normalized spacial score (nSPS) is 37.3. The Labute approximate surface area is 124 Å². The maximum Gasteiger partial charge on any atom is 0.00801 e. The van der Waals surface area contributed by atoms with E-state index in [1.165, 1.54) is 57.8 Å². The van der Waals surface area contributed by atoms with Crippen molar-refractivity contribution in [2.75, 3.05) is 6.26 Å². The molecule has 0 saturated heterocycles. The van der Waals surface area contributed by atoms with E-state index in [1.54, 1.807) is 0 Å². The van der Waals surface area contributed by atoms with Gasteiger partial charge in [-0.3, -0.25) is 0 Å². The average molecular weight is 284 g/mol. The van der Waals surface area contributed by atoms with Crippen molar-refractivity contribution in [3.05, 3.63) is 0 Å². The minimum absolute atomic E-state index is 0.812. The molecule has 2 saturated carbocycles. The first-order chi connectivity index (χ1) is 9.19. The fraction of sp³-hybridized carbons (Fsp3) is 1.00. The summed E-state index contributed by atoms with van der Waals surface area (Å²) in [7, 11) is 0. The van der Waals surface area contributed by atoms with Gasteiger partial charge in [0.1, 0.15) is 0 Å². The molecule has 0 aromatic carbocycles. The van der Waals surface area contributed by atoms with E-state index in [-0.39, 0.29) is 0 Å². The topological polar surface area (TPSA) is 12.0 Å². The first kappa shape index (κ1) is 15.7. The molecule has 1 N–H and O–H groups in total. The van der Waals surface area contributed by atoms with Gasteiger partial charge in [-0.05, 0) is 56.6 Å². The Bertz CT molecular complexity index is 254. The lowest BCUT2D eigenvalue weighted by Crippen LogP contribution is -2.41. The lowest BCUT2D eigenvalue weighted by Gasteiger charge is -2.32. The molecule has 2 aliphatic rings. The van der Waals surface area contributed by atoms with Crippen molar-refractivity contribution in [1.29, 1.82) is 0 Å². The Morgan fingerprint density at radius 1 is 0.895 bits per heavy atom. The van der Waals surface area contributed by atoms with E-state index in [1.807, 2.05) is 0 Å². The van der Waals surface area contributed by atoms with E-state index in [0.29, 0.717) is 0 Å². The fourth-order valence-electron chi connectivity index (χ4n) is 4.01. The van der Waals surface area contributed by atoms with Crippen LogP contribution in [-0.2, 0) is 0 Å². The van der Waals surface area contributed by atoms with Gasteiger partial charge in [0.2, 0.25) is 0 Å². The zero-order valence-corrected chi connectivity index (χ0v) is 14.0. The van der Waals surface area contributed by atoms with Crippen LogP contribution in [0, 0.1) is 11.8 Å². The van der Waals surface area contributed by atoms with Gasteiger partial charge in [0.15, 0.2) is 0 Å². The summed E-state index contributed by atoms with van der Waals surface area (Å²) in [4.78, 5) is 0. The highest BCUT2D eigenvalue weighted by Crippen LogP contribution is 2.31. The summed E-state index contributed by atoms with van der Waals surface area (Å²) in [6.45, 7) is 4.81. The second-order valence-corrected chi connectivity index (χ2v) is 8.24. The number of hydrogen-bond donors (Lipinski definition) is 1. The summed E-state index contributed by atoms with van der Waals surface area (Å²) in [5, 5.41) is 4.93. The van der Waals surface area contributed by atoms with E-state index in [9.17, 15) is 0 Å². The summed E-state index contributed by atoms with van der Waals surface area (Å²) in [5.74, 6) is 1.87. The van der Waals surface area contributed by atoms with Crippen LogP contribution in [0.15, 0.2) is 0 Å².